The summed E-state index contributed by atoms with van der Waals surface area (Å²) in [6.45, 7) is 3.29. The lowest BCUT2D eigenvalue weighted by Crippen LogP contribution is -2.39. The number of amides is 1. The highest BCUT2D eigenvalue weighted by molar-refractivity contribution is 7.16. The topological polar surface area (TPSA) is 141 Å². The fraction of sp³-hybridized carbons (Fsp3) is 0.233. The minimum absolute atomic E-state index is 0.131. The number of aromatic nitrogens is 1. The first kappa shape index (κ1) is 28.3. The van der Waals surface area contributed by atoms with Crippen LogP contribution in [0.25, 0.3) is 38.3 Å². The highest BCUT2D eigenvalue weighted by atomic mass is 32.1. The first-order valence-corrected chi connectivity index (χ1v) is 13.4. The maximum Gasteiger partial charge on any atom is 0.323 e. The van der Waals surface area contributed by atoms with E-state index in [-0.39, 0.29) is 12.0 Å². The van der Waals surface area contributed by atoms with Crippen LogP contribution in [-0.2, 0) is 25.7 Å². The number of thiophene rings is 1. The number of nitrogens with zero attached hydrogens (tertiary/aromatic N) is 3. The van der Waals surface area contributed by atoms with Gasteiger partial charge in [-0.3, -0.25) is 19.2 Å². The first-order valence-electron chi connectivity index (χ1n) is 12.6. The maximum atomic E-state index is 12.7. The van der Waals surface area contributed by atoms with Crippen LogP contribution in [0.5, 0.6) is 0 Å². The second-order valence-corrected chi connectivity index (χ2v) is 10.4. The Morgan fingerprint density at radius 1 is 0.975 bits per heavy atom. The van der Waals surface area contributed by atoms with Crippen molar-refractivity contribution in [3.05, 3.63) is 64.5 Å². The van der Waals surface area contributed by atoms with Crippen molar-refractivity contribution in [2.75, 3.05) is 13.1 Å². The predicted molar refractivity (Wildman–Crippen MR) is 153 cm³/mol. The third-order valence-electron chi connectivity index (χ3n) is 6.60. The number of benzene rings is 2. The van der Waals surface area contributed by atoms with Crippen molar-refractivity contribution in [2.24, 2.45) is 0 Å². The van der Waals surface area contributed by atoms with Gasteiger partial charge in [-0.2, -0.15) is 5.26 Å². The summed E-state index contributed by atoms with van der Waals surface area (Å²) in [5.74, 6) is -4.09. The van der Waals surface area contributed by atoms with Gasteiger partial charge in [-0.15, -0.1) is 11.3 Å². The van der Waals surface area contributed by atoms with Crippen LogP contribution in [0, 0.1) is 18.3 Å². The molecule has 1 amide bonds. The Morgan fingerprint density at radius 3 is 2.30 bits per heavy atom. The Bertz CT molecular complexity index is 1710. The standard InChI is InChI=1S/C30H27N3O6S/c1-3-33-23-7-5-4-6-21(23)22-13-19(8-9-24(22)33)27-12-18(2)26(40-27)14-20(15-31)25(34)10-11-28(35)32(16-29(36)37)17-30(38)39/h4-9,12-14H,3,10-11,16-17H2,1-2H3,(H,36,37)(H,38,39)/b20-14+. The Labute approximate surface area is 234 Å². The van der Waals surface area contributed by atoms with Gasteiger partial charge >= 0.3 is 11.9 Å². The predicted octanol–water partition coefficient (Wildman–Crippen LogP) is 5.11. The lowest BCUT2D eigenvalue weighted by atomic mass is 10.1. The SMILES string of the molecule is CCn1c2ccccc2c2cc(-c3cc(C)c(/C=C(\C#N)C(=O)CCC(=O)N(CC(=O)O)CC(=O)O)s3)ccc21. The number of carboxylic acids is 2. The van der Waals surface area contributed by atoms with Crippen LogP contribution in [0.1, 0.15) is 30.2 Å². The molecular formula is C30H27N3O6S. The van der Waals surface area contributed by atoms with Crippen LogP contribution >= 0.6 is 11.3 Å². The number of para-hydroxylation sites is 1. The zero-order valence-corrected chi connectivity index (χ0v) is 22.8. The normalized spacial score (nSPS) is 11.5. The van der Waals surface area contributed by atoms with Gasteiger partial charge in [-0.25, -0.2) is 0 Å². The molecule has 0 atom stereocenters. The smallest absolute Gasteiger partial charge is 0.323 e. The van der Waals surface area contributed by atoms with Crippen molar-refractivity contribution in [1.29, 1.82) is 5.26 Å². The molecule has 2 aromatic carbocycles. The number of rotatable bonds is 11. The molecule has 0 aliphatic carbocycles. The summed E-state index contributed by atoms with van der Waals surface area (Å²) in [4.78, 5) is 49.4. The zero-order valence-electron chi connectivity index (χ0n) is 22.0. The maximum absolute atomic E-state index is 12.7. The molecule has 0 aliphatic heterocycles. The lowest BCUT2D eigenvalue weighted by Gasteiger charge is -2.18. The van der Waals surface area contributed by atoms with E-state index in [2.05, 4.69) is 41.8 Å². The largest absolute Gasteiger partial charge is 0.480 e. The van der Waals surface area contributed by atoms with Crippen molar-refractivity contribution < 1.29 is 29.4 Å². The highest BCUT2D eigenvalue weighted by Crippen LogP contribution is 2.37. The van der Waals surface area contributed by atoms with E-state index in [1.165, 1.54) is 28.3 Å². The van der Waals surface area contributed by atoms with Gasteiger partial charge in [0.15, 0.2) is 5.78 Å². The molecule has 40 heavy (non-hydrogen) atoms. The molecule has 0 aliphatic rings. The Balaban J connectivity index is 1.56. The summed E-state index contributed by atoms with van der Waals surface area (Å²) in [5, 5.41) is 29.8. The third kappa shape index (κ3) is 5.95. The van der Waals surface area contributed by atoms with Crippen molar-refractivity contribution in [2.45, 2.75) is 33.2 Å². The molecule has 9 nitrogen and oxygen atoms in total. The molecule has 0 saturated carbocycles. The minimum Gasteiger partial charge on any atom is -0.480 e. The van der Waals surface area contributed by atoms with Crippen LogP contribution < -0.4 is 0 Å². The van der Waals surface area contributed by atoms with Gasteiger partial charge in [0.25, 0.3) is 0 Å². The zero-order chi connectivity index (χ0) is 29.0. The highest BCUT2D eigenvalue weighted by Gasteiger charge is 2.21. The van der Waals surface area contributed by atoms with Gasteiger partial charge in [-0.05, 0) is 55.3 Å². The van der Waals surface area contributed by atoms with Gasteiger partial charge < -0.3 is 19.7 Å². The number of carbonyl (C=O) groups is 4. The van der Waals surface area contributed by atoms with Crippen molar-refractivity contribution >= 4 is 62.8 Å². The number of carboxylic acid groups (broad SMARTS) is 2. The second-order valence-electron chi connectivity index (χ2n) is 9.28. The Kier molecular flexibility index (Phi) is 8.46. The van der Waals surface area contributed by atoms with Crippen molar-refractivity contribution in [1.82, 2.24) is 9.47 Å². The molecule has 4 rings (SSSR count). The summed E-state index contributed by atoms with van der Waals surface area (Å²) in [6.07, 6.45) is 0.756. The Hall–Kier alpha value is -4.75. The number of aryl methyl sites for hydroxylation is 2. The number of hydrogen-bond acceptors (Lipinski definition) is 6. The number of hydrogen-bond donors (Lipinski definition) is 2. The molecule has 2 N–H and O–H groups in total. The van der Waals surface area contributed by atoms with E-state index < -0.39 is 43.1 Å². The second kappa shape index (κ2) is 12.0. The summed E-state index contributed by atoms with van der Waals surface area (Å²) < 4.78 is 2.28. The van der Waals surface area contributed by atoms with Crippen LogP contribution in [0.15, 0.2) is 54.1 Å². The van der Waals surface area contributed by atoms with E-state index >= 15 is 0 Å². The molecule has 2 aromatic heterocycles. The molecule has 0 unspecified atom stereocenters. The minimum atomic E-state index is -1.36. The average molecular weight is 558 g/mol. The molecule has 10 heteroatoms. The molecule has 4 aromatic rings. The molecule has 0 spiro atoms. The number of allylic oxidation sites excluding steroid dienone is 1. The molecule has 0 radical (unpaired) electrons. The number of ketones is 1. The Morgan fingerprint density at radius 2 is 1.65 bits per heavy atom. The van der Waals surface area contributed by atoms with Gasteiger partial charge in [-0.1, -0.05) is 24.3 Å². The van der Waals surface area contributed by atoms with E-state index in [1.807, 2.05) is 31.2 Å². The van der Waals surface area contributed by atoms with Crippen LogP contribution in [0.2, 0.25) is 0 Å². The quantitative estimate of drug-likeness (QED) is 0.193. The van der Waals surface area contributed by atoms with E-state index in [4.69, 9.17) is 10.2 Å². The van der Waals surface area contributed by atoms with Crippen LogP contribution in [0.3, 0.4) is 0 Å². The first-order chi connectivity index (χ1) is 19.1. The van der Waals surface area contributed by atoms with Crippen LogP contribution in [0.4, 0.5) is 0 Å². The number of nitriles is 1. The fourth-order valence-corrected chi connectivity index (χ4v) is 5.82. The van der Waals surface area contributed by atoms with E-state index in [0.717, 1.165) is 38.3 Å². The fourth-order valence-electron chi connectivity index (χ4n) is 4.71. The number of carbonyl (C=O) groups excluding carboxylic acids is 2. The summed E-state index contributed by atoms with van der Waals surface area (Å²) in [7, 11) is 0. The molecule has 0 saturated heterocycles. The van der Waals surface area contributed by atoms with Gasteiger partial charge in [0.2, 0.25) is 5.91 Å². The average Bonchev–Trinajstić information content (AvgIpc) is 3.45. The monoisotopic (exact) mass is 557 g/mol. The molecular weight excluding hydrogens is 530 g/mol. The number of fused-ring (bicyclic) bond motifs is 3. The number of aliphatic carboxylic acids is 2. The molecule has 2 heterocycles. The lowest BCUT2D eigenvalue weighted by molar-refractivity contribution is -0.149. The number of Topliss-reactive ketones (excluding diaryl/α,β-unsaturated/α-hetero) is 1. The summed E-state index contributed by atoms with van der Waals surface area (Å²) >= 11 is 1.45. The molecule has 204 valence electrons. The van der Waals surface area contributed by atoms with E-state index in [0.29, 0.717) is 4.90 Å². The van der Waals surface area contributed by atoms with Crippen LogP contribution in [-0.4, -0.2) is 56.4 Å². The third-order valence-corrected chi connectivity index (χ3v) is 7.83. The van der Waals surface area contributed by atoms with Crippen molar-refractivity contribution in [3.63, 3.8) is 0 Å². The van der Waals surface area contributed by atoms with Gasteiger partial charge in [0.1, 0.15) is 19.2 Å². The van der Waals surface area contributed by atoms with E-state index in [9.17, 15) is 24.4 Å². The van der Waals surface area contributed by atoms with Gasteiger partial charge in [0.05, 0.1) is 5.57 Å². The molecule has 0 fully saturated rings. The van der Waals surface area contributed by atoms with Gasteiger partial charge in [0, 0.05) is 50.9 Å². The summed E-state index contributed by atoms with van der Waals surface area (Å²) in [6, 6.07) is 18.5. The molecule has 0 bridgehead atoms. The van der Waals surface area contributed by atoms with E-state index in [1.54, 1.807) is 0 Å². The van der Waals surface area contributed by atoms with Crippen molar-refractivity contribution in [3.8, 4) is 16.5 Å². The summed E-state index contributed by atoms with van der Waals surface area (Å²) in [5.41, 5.74) is 4.10.